The van der Waals surface area contributed by atoms with Crippen molar-refractivity contribution in [3.8, 4) is 0 Å². The molecule has 0 saturated heterocycles. The maximum atomic E-state index is 12.2. The van der Waals surface area contributed by atoms with Crippen LogP contribution in [-0.2, 0) is 11.2 Å². The molecular formula is C22H20N2O3. The monoisotopic (exact) mass is 360 g/mol. The topological polar surface area (TPSA) is 79.0 Å². The van der Waals surface area contributed by atoms with Gasteiger partial charge in [0.15, 0.2) is 5.78 Å². The minimum Gasteiger partial charge on any atom is -0.326 e. The van der Waals surface area contributed by atoms with E-state index in [0.29, 0.717) is 23.2 Å². The second kappa shape index (κ2) is 7.19. The van der Waals surface area contributed by atoms with Crippen LogP contribution in [0.3, 0.4) is 0 Å². The Morgan fingerprint density at radius 2 is 1.78 bits per heavy atom. The highest BCUT2D eigenvalue weighted by atomic mass is 16.1. The summed E-state index contributed by atoms with van der Waals surface area (Å²) in [5.74, 6) is 0.206. The van der Waals surface area contributed by atoms with Gasteiger partial charge >= 0.3 is 0 Å². The van der Waals surface area contributed by atoms with Gasteiger partial charge in [-0.05, 0) is 61.0 Å². The highest BCUT2D eigenvalue weighted by Gasteiger charge is 2.30. The van der Waals surface area contributed by atoms with Crippen LogP contribution in [0.2, 0.25) is 0 Å². The first-order chi connectivity index (χ1) is 13.1. The highest BCUT2D eigenvalue weighted by Crippen LogP contribution is 2.32. The Kier molecular flexibility index (Phi) is 4.59. The summed E-state index contributed by atoms with van der Waals surface area (Å²) in [6.07, 6.45) is 2.53. The molecule has 0 bridgehead atoms. The first-order valence-corrected chi connectivity index (χ1v) is 9.15. The van der Waals surface area contributed by atoms with Crippen LogP contribution in [-0.4, -0.2) is 16.7 Å². The summed E-state index contributed by atoms with van der Waals surface area (Å²) in [4.78, 5) is 39.2. The molecule has 1 aliphatic carbocycles. The number of aromatic amines is 1. The van der Waals surface area contributed by atoms with Gasteiger partial charge in [-0.3, -0.25) is 14.4 Å². The Hall–Kier alpha value is -3.21. The molecule has 0 atom stereocenters. The maximum absolute atomic E-state index is 12.2. The van der Waals surface area contributed by atoms with Crippen LogP contribution in [0.1, 0.15) is 35.2 Å². The Balaban J connectivity index is 1.37. The molecule has 136 valence electrons. The number of nitrogens with one attached hydrogen (secondary N) is 2. The number of anilines is 1. The fraction of sp³-hybridized carbons (Fsp3) is 0.227. The van der Waals surface area contributed by atoms with Gasteiger partial charge in [-0.15, -0.1) is 0 Å². The zero-order valence-corrected chi connectivity index (χ0v) is 14.8. The molecule has 27 heavy (non-hydrogen) atoms. The Morgan fingerprint density at radius 1 is 1.04 bits per heavy atom. The van der Waals surface area contributed by atoms with Crippen molar-refractivity contribution in [3.63, 3.8) is 0 Å². The molecule has 4 rings (SSSR count). The number of hydrogen-bond donors (Lipinski definition) is 2. The lowest BCUT2D eigenvalue weighted by Crippen LogP contribution is -2.17. The number of aromatic nitrogens is 1. The first-order valence-electron chi connectivity index (χ1n) is 9.15. The Morgan fingerprint density at radius 3 is 2.52 bits per heavy atom. The third-order valence-electron chi connectivity index (χ3n) is 4.85. The van der Waals surface area contributed by atoms with Crippen molar-refractivity contribution < 1.29 is 9.59 Å². The number of hydrogen-bond acceptors (Lipinski definition) is 3. The molecule has 0 aliphatic heterocycles. The van der Waals surface area contributed by atoms with Crippen LogP contribution in [0.4, 0.5) is 5.69 Å². The Bertz CT molecular complexity index is 1060. The van der Waals surface area contributed by atoms with E-state index in [2.05, 4.69) is 10.3 Å². The van der Waals surface area contributed by atoms with Gasteiger partial charge in [0.2, 0.25) is 5.91 Å². The van der Waals surface area contributed by atoms with Crippen LogP contribution in [0.15, 0.2) is 59.4 Å². The molecule has 1 fully saturated rings. The second-order valence-corrected chi connectivity index (χ2v) is 6.98. The van der Waals surface area contributed by atoms with Gasteiger partial charge in [0, 0.05) is 34.7 Å². The van der Waals surface area contributed by atoms with E-state index in [0.717, 1.165) is 23.7 Å². The highest BCUT2D eigenvalue weighted by molar-refractivity contribution is 6.00. The number of ketones is 1. The molecule has 2 N–H and O–H groups in total. The number of benzene rings is 2. The van der Waals surface area contributed by atoms with Gasteiger partial charge in [-0.2, -0.15) is 0 Å². The van der Waals surface area contributed by atoms with Crippen LogP contribution >= 0.6 is 0 Å². The average molecular weight is 360 g/mol. The van der Waals surface area contributed by atoms with Crippen LogP contribution in [0.5, 0.6) is 0 Å². The van der Waals surface area contributed by atoms with Gasteiger partial charge < -0.3 is 10.3 Å². The molecule has 3 aromatic rings. The summed E-state index contributed by atoms with van der Waals surface area (Å²) in [6.45, 7) is 0. The maximum Gasteiger partial charge on any atom is 0.251 e. The SMILES string of the molecule is O=C(CCc1cc2ccccc2[nH]c1=O)Nc1ccc(C(=O)C2CC2)cc1. The van der Waals surface area contributed by atoms with Gasteiger partial charge in [0.05, 0.1) is 0 Å². The van der Waals surface area contributed by atoms with Gasteiger partial charge in [0.25, 0.3) is 5.56 Å². The molecule has 0 spiro atoms. The van der Waals surface area contributed by atoms with Gasteiger partial charge in [0.1, 0.15) is 0 Å². The van der Waals surface area contributed by atoms with Crippen molar-refractivity contribution >= 4 is 28.3 Å². The van der Waals surface area contributed by atoms with E-state index < -0.39 is 0 Å². The molecule has 2 aromatic carbocycles. The fourth-order valence-corrected chi connectivity index (χ4v) is 3.15. The zero-order chi connectivity index (χ0) is 18.8. The fourth-order valence-electron chi connectivity index (χ4n) is 3.15. The lowest BCUT2D eigenvalue weighted by atomic mass is 10.1. The molecule has 1 aromatic heterocycles. The number of carbonyl (C=O) groups is 2. The predicted octanol–water partition coefficient (Wildman–Crippen LogP) is 3.69. The van der Waals surface area contributed by atoms with E-state index >= 15 is 0 Å². The third-order valence-corrected chi connectivity index (χ3v) is 4.85. The standard InChI is InChI=1S/C22H20N2O3/c25-20(23-18-10-7-15(8-11-18)21(26)14-5-6-14)12-9-17-13-16-3-1-2-4-19(16)24-22(17)27/h1-4,7-8,10-11,13-14H,5-6,9,12H2,(H,23,25)(H,24,27). The van der Waals surface area contributed by atoms with E-state index in [1.54, 1.807) is 24.3 Å². The Labute approximate surface area is 156 Å². The number of fused-ring (bicyclic) bond motifs is 1. The summed E-state index contributed by atoms with van der Waals surface area (Å²) >= 11 is 0. The molecular weight excluding hydrogens is 340 g/mol. The van der Waals surface area contributed by atoms with Gasteiger partial charge in [-0.1, -0.05) is 18.2 Å². The number of amides is 1. The number of rotatable bonds is 6. The van der Waals surface area contributed by atoms with Crippen molar-refractivity contribution in [1.82, 2.24) is 4.98 Å². The molecule has 0 radical (unpaired) electrons. The second-order valence-electron chi connectivity index (χ2n) is 6.98. The third kappa shape index (κ3) is 3.97. The summed E-state index contributed by atoms with van der Waals surface area (Å²) in [7, 11) is 0. The smallest absolute Gasteiger partial charge is 0.251 e. The summed E-state index contributed by atoms with van der Waals surface area (Å²) in [6, 6.07) is 16.4. The molecule has 1 saturated carbocycles. The predicted molar refractivity (Wildman–Crippen MR) is 105 cm³/mol. The van der Waals surface area contributed by atoms with E-state index in [4.69, 9.17) is 0 Å². The molecule has 1 aliphatic rings. The lowest BCUT2D eigenvalue weighted by Gasteiger charge is -2.07. The summed E-state index contributed by atoms with van der Waals surface area (Å²) < 4.78 is 0. The van der Waals surface area contributed by atoms with Crippen molar-refractivity contribution in [2.45, 2.75) is 25.7 Å². The minimum atomic E-state index is -0.163. The quantitative estimate of drug-likeness (QED) is 0.658. The van der Waals surface area contributed by atoms with E-state index in [1.165, 1.54) is 0 Å². The number of pyridine rings is 1. The van der Waals surface area contributed by atoms with Crippen molar-refractivity contribution in [3.05, 3.63) is 76.1 Å². The van der Waals surface area contributed by atoms with Crippen molar-refractivity contribution in [1.29, 1.82) is 0 Å². The summed E-state index contributed by atoms with van der Waals surface area (Å²) in [5.41, 5.74) is 2.56. The lowest BCUT2D eigenvalue weighted by molar-refractivity contribution is -0.116. The molecule has 0 unspecified atom stereocenters. The van der Waals surface area contributed by atoms with Crippen LogP contribution < -0.4 is 10.9 Å². The van der Waals surface area contributed by atoms with Crippen LogP contribution in [0.25, 0.3) is 10.9 Å². The summed E-state index contributed by atoms with van der Waals surface area (Å²) in [5, 5.41) is 3.76. The van der Waals surface area contributed by atoms with E-state index in [-0.39, 0.29) is 29.6 Å². The van der Waals surface area contributed by atoms with Gasteiger partial charge in [-0.25, -0.2) is 0 Å². The van der Waals surface area contributed by atoms with Crippen LogP contribution in [0, 0.1) is 5.92 Å². The molecule has 1 amide bonds. The normalized spacial score (nSPS) is 13.5. The van der Waals surface area contributed by atoms with E-state index in [1.807, 2.05) is 30.3 Å². The largest absolute Gasteiger partial charge is 0.326 e. The molecule has 5 heteroatoms. The number of para-hydroxylation sites is 1. The van der Waals surface area contributed by atoms with E-state index in [9.17, 15) is 14.4 Å². The number of Topliss-reactive ketones (excluding diaryl/α,β-unsaturated/α-hetero) is 1. The number of carbonyl (C=O) groups excluding carboxylic acids is 2. The van der Waals surface area contributed by atoms with Crippen molar-refractivity contribution in [2.24, 2.45) is 5.92 Å². The number of aryl methyl sites for hydroxylation is 1. The molecule has 1 heterocycles. The zero-order valence-electron chi connectivity index (χ0n) is 14.8. The minimum absolute atomic E-state index is 0.163. The van der Waals surface area contributed by atoms with Crippen molar-refractivity contribution in [2.75, 3.05) is 5.32 Å². The first kappa shape index (κ1) is 17.2. The molecule has 5 nitrogen and oxygen atoms in total. The number of H-pyrrole nitrogens is 1. The average Bonchev–Trinajstić information content (AvgIpc) is 3.51.